The van der Waals surface area contributed by atoms with E-state index in [0.717, 1.165) is 59.6 Å². The van der Waals surface area contributed by atoms with Gasteiger partial charge in [-0.3, -0.25) is 4.90 Å². The molecule has 5 heteroatoms. The molecule has 0 radical (unpaired) electrons. The molecular formula is C27H30N4O. The second-order valence-electron chi connectivity index (χ2n) is 8.70. The van der Waals surface area contributed by atoms with Crippen LogP contribution in [0.15, 0.2) is 60.8 Å². The summed E-state index contributed by atoms with van der Waals surface area (Å²) in [5.41, 5.74) is 7.82. The fourth-order valence-corrected chi connectivity index (χ4v) is 4.68. The van der Waals surface area contributed by atoms with Crippen LogP contribution in [0.2, 0.25) is 0 Å². The first kappa shape index (κ1) is 20.7. The Morgan fingerprint density at radius 1 is 0.875 bits per heavy atom. The Hall–Kier alpha value is -3.15. The second-order valence-corrected chi connectivity index (χ2v) is 8.70. The Kier molecular flexibility index (Phi) is 5.68. The van der Waals surface area contributed by atoms with E-state index in [1.165, 1.54) is 24.2 Å². The average Bonchev–Trinajstić information content (AvgIpc) is 3.15. The van der Waals surface area contributed by atoms with Crippen LogP contribution in [-0.2, 0) is 6.54 Å². The van der Waals surface area contributed by atoms with Gasteiger partial charge in [-0.15, -0.1) is 0 Å². The Bertz CT molecular complexity index is 1200. The van der Waals surface area contributed by atoms with Gasteiger partial charge in [-0.2, -0.15) is 0 Å². The van der Waals surface area contributed by atoms with E-state index >= 15 is 0 Å². The van der Waals surface area contributed by atoms with Gasteiger partial charge in [0.1, 0.15) is 11.4 Å². The summed E-state index contributed by atoms with van der Waals surface area (Å²) >= 11 is 0. The molecule has 1 saturated heterocycles. The number of rotatable bonds is 5. The number of hydrogen-bond donors (Lipinski definition) is 2. The number of pyridine rings is 1. The molecule has 32 heavy (non-hydrogen) atoms. The van der Waals surface area contributed by atoms with Crippen LogP contribution in [0.1, 0.15) is 18.2 Å². The van der Waals surface area contributed by atoms with E-state index in [1.807, 2.05) is 18.3 Å². The molecule has 1 aliphatic heterocycles. The summed E-state index contributed by atoms with van der Waals surface area (Å²) in [6.07, 6.45) is 1.94. The first-order chi connectivity index (χ1) is 15.6. The van der Waals surface area contributed by atoms with Gasteiger partial charge in [0.25, 0.3) is 0 Å². The van der Waals surface area contributed by atoms with Crippen molar-refractivity contribution in [3.8, 4) is 28.0 Å². The highest BCUT2D eigenvalue weighted by molar-refractivity contribution is 5.97. The maximum absolute atomic E-state index is 9.65. The van der Waals surface area contributed by atoms with Gasteiger partial charge in [0.05, 0.1) is 0 Å². The number of nitrogens with one attached hydrogen (secondary N) is 1. The minimum atomic E-state index is 0.275. The first-order valence-electron chi connectivity index (χ1n) is 11.4. The fraction of sp³-hybridized carbons (Fsp3) is 0.296. The molecule has 164 valence electrons. The van der Waals surface area contributed by atoms with Crippen molar-refractivity contribution in [2.45, 2.75) is 20.4 Å². The van der Waals surface area contributed by atoms with Crippen molar-refractivity contribution in [2.24, 2.45) is 0 Å². The number of hydrogen-bond acceptors (Lipinski definition) is 4. The molecular weight excluding hydrogens is 396 g/mol. The number of phenolic OH excluding ortho intramolecular Hbond substituents is 1. The van der Waals surface area contributed by atoms with Crippen molar-refractivity contribution >= 4 is 11.0 Å². The third-order valence-corrected chi connectivity index (χ3v) is 6.60. The van der Waals surface area contributed by atoms with Crippen molar-refractivity contribution in [1.29, 1.82) is 0 Å². The molecule has 0 atom stereocenters. The molecule has 3 heterocycles. The van der Waals surface area contributed by atoms with E-state index in [1.54, 1.807) is 12.1 Å². The van der Waals surface area contributed by atoms with E-state index < -0.39 is 0 Å². The molecule has 5 nitrogen and oxygen atoms in total. The zero-order valence-electron chi connectivity index (χ0n) is 18.8. The van der Waals surface area contributed by atoms with Crippen LogP contribution in [-0.4, -0.2) is 57.6 Å². The predicted octanol–water partition coefficient (Wildman–Crippen LogP) is 5.05. The third kappa shape index (κ3) is 4.14. The smallest absolute Gasteiger partial charge is 0.138 e. The van der Waals surface area contributed by atoms with Gasteiger partial charge in [0.15, 0.2) is 0 Å². The lowest BCUT2D eigenvalue weighted by Crippen LogP contribution is -2.45. The summed E-state index contributed by atoms with van der Waals surface area (Å²) in [5, 5.41) is 10.8. The number of aromatic hydroxyl groups is 1. The summed E-state index contributed by atoms with van der Waals surface area (Å²) in [6, 6.07) is 18.5. The zero-order valence-corrected chi connectivity index (χ0v) is 18.8. The fourth-order valence-electron chi connectivity index (χ4n) is 4.68. The van der Waals surface area contributed by atoms with E-state index in [2.05, 4.69) is 59.0 Å². The van der Waals surface area contributed by atoms with Crippen LogP contribution >= 0.6 is 0 Å². The maximum Gasteiger partial charge on any atom is 0.138 e. The third-order valence-electron chi connectivity index (χ3n) is 6.60. The molecule has 0 aliphatic carbocycles. The van der Waals surface area contributed by atoms with E-state index in [4.69, 9.17) is 4.98 Å². The second kappa shape index (κ2) is 8.77. The number of aromatic nitrogens is 2. The monoisotopic (exact) mass is 426 g/mol. The standard InChI is InChI=1S/C27H30N4O/c1-3-30-12-14-31(15-13-30)18-20-4-6-21(7-5-20)23-16-25-26(19(2)29-27(25)28-17-23)22-8-10-24(32)11-9-22/h4-11,16-17,32H,3,12-15,18H2,1-2H3,(H,28,29). The number of nitrogens with zero attached hydrogens (tertiary/aromatic N) is 3. The molecule has 0 amide bonds. The van der Waals surface area contributed by atoms with Crippen LogP contribution in [0.5, 0.6) is 5.75 Å². The molecule has 1 aliphatic rings. The minimum absolute atomic E-state index is 0.275. The SMILES string of the molecule is CCN1CCN(Cc2ccc(-c3cnc4[nH]c(C)c(-c5ccc(O)cc5)c4c3)cc2)CC1. The lowest BCUT2D eigenvalue weighted by atomic mass is 10.00. The predicted molar refractivity (Wildman–Crippen MR) is 131 cm³/mol. The van der Waals surface area contributed by atoms with Crippen LogP contribution in [0, 0.1) is 6.92 Å². The molecule has 2 N–H and O–H groups in total. The average molecular weight is 427 g/mol. The normalized spacial score (nSPS) is 15.4. The molecule has 0 spiro atoms. The van der Waals surface area contributed by atoms with Gasteiger partial charge in [-0.25, -0.2) is 4.98 Å². The van der Waals surface area contributed by atoms with Gasteiger partial charge < -0.3 is 15.0 Å². The van der Waals surface area contributed by atoms with Crippen molar-refractivity contribution in [2.75, 3.05) is 32.7 Å². The molecule has 1 fully saturated rings. The summed E-state index contributed by atoms with van der Waals surface area (Å²) < 4.78 is 0. The number of likely N-dealkylation sites (N-methyl/N-ethyl adjacent to an activating group) is 1. The van der Waals surface area contributed by atoms with Gasteiger partial charge in [0, 0.05) is 61.1 Å². The summed E-state index contributed by atoms with van der Waals surface area (Å²) in [4.78, 5) is 13.1. The van der Waals surface area contributed by atoms with Crippen LogP contribution in [0.25, 0.3) is 33.3 Å². The Balaban J connectivity index is 1.39. The lowest BCUT2D eigenvalue weighted by Gasteiger charge is -2.34. The Morgan fingerprint density at radius 3 is 2.22 bits per heavy atom. The van der Waals surface area contributed by atoms with E-state index in [9.17, 15) is 5.11 Å². The quantitative estimate of drug-likeness (QED) is 0.469. The van der Waals surface area contributed by atoms with Crippen LogP contribution in [0.3, 0.4) is 0 Å². The molecule has 0 bridgehead atoms. The van der Waals surface area contributed by atoms with Gasteiger partial charge >= 0.3 is 0 Å². The summed E-state index contributed by atoms with van der Waals surface area (Å²) in [6.45, 7) is 11.1. The molecule has 2 aromatic heterocycles. The maximum atomic E-state index is 9.65. The molecule has 0 saturated carbocycles. The highest BCUT2D eigenvalue weighted by Crippen LogP contribution is 2.34. The zero-order chi connectivity index (χ0) is 22.1. The number of piperazine rings is 1. The number of fused-ring (bicyclic) bond motifs is 1. The molecule has 5 rings (SSSR count). The first-order valence-corrected chi connectivity index (χ1v) is 11.4. The largest absolute Gasteiger partial charge is 0.508 e. The number of benzene rings is 2. The lowest BCUT2D eigenvalue weighted by molar-refractivity contribution is 0.132. The Labute approximate surface area is 189 Å². The molecule has 2 aromatic carbocycles. The Morgan fingerprint density at radius 2 is 1.53 bits per heavy atom. The number of aryl methyl sites for hydroxylation is 1. The van der Waals surface area contributed by atoms with Crippen molar-refractivity contribution < 1.29 is 5.11 Å². The topological polar surface area (TPSA) is 55.4 Å². The number of H-pyrrole nitrogens is 1. The number of phenols is 1. The van der Waals surface area contributed by atoms with Crippen LogP contribution in [0.4, 0.5) is 0 Å². The van der Waals surface area contributed by atoms with Gasteiger partial charge in [-0.1, -0.05) is 43.3 Å². The van der Waals surface area contributed by atoms with Crippen molar-refractivity contribution in [3.63, 3.8) is 0 Å². The minimum Gasteiger partial charge on any atom is -0.508 e. The molecule has 4 aromatic rings. The van der Waals surface area contributed by atoms with Crippen molar-refractivity contribution in [1.82, 2.24) is 19.8 Å². The van der Waals surface area contributed by atoms with Gasteiger partial charge in [0.2, 0.25) is 0 Å². The van der Waals surface area contributed by atoms with E-state index in [-0.39, 0.29) is 5.75 Å². The van der Waals surface area contributed by atoms with Gasteiger partial charge in [-0.05, 0) is 48.4 Å². The van der Waals surface area contributed by atoms with E-state index in [0.29, 0.717) is 0 Å². The molecule has 0 unspecified atom stereocenters. The van der Waals surface area contributed by atoms with Crippen molar-refractivity contribution in [3.05, 3.63) is 72.1 Å². The highest BCUT2D eigenvalue weighted by Gasteiger charge is 2.16. The number of aromatic amines is 1. The van der Waals surface area contributed by atoms with Crippen LogP contribution < -0.4 is 0 Å². The summed E-state index contributed by atoms with van der Waals surface area (Å²) in [7, 11) is 0. The summed E-state index contributed by atoms with van der Waals surface area (Å²) in [5.74, 6) is 0.275. The highest BCUT2D eigenvalue weighted by atomic mass is 16.3.